The van der Waals surface area contributed by atoms with Gasteiger partial charge >= 0.3 is 0 Å². The second-order valence-electron chi connectivity index (χ2n) is 9.74. The van der Waals surface area contributed by atoms with Gasteiger partial charge in [-0.05, 0) is 65.4 Å². The van der Waals surface area contributed by atoms with Crippen molar-refractivity contribution in [2.45, 2.75) is 33.6 Å². The summed E-state index contributed by atoms with van der Waals surface area (Å²) in [5.41, 5.74) is 5.99. The summed E-state index contributed by atoms with van der Waals surface area (Å²) in [5.74, 6) is -0.257. The van der Waals surface area contributed by atoms with E-state index < -0.39 is 0 Å². The molecule has 2 heterocycles. The zero-order valence-corrected chi connectivity index (χ0v) is 20.0. The number of carbonyl (C=O) groups excluding carboxylic acids is 1. The number of hydrogen-bond donors (Lipinski definition) is 1. The van der Waals surface area contributed by atoms with E-state index in [-0.39, 0.29) is 17.2 Å². The zero-order chi connectivity index (χ0) is 23.4. The maximum absolute atomic E-state index is 13.4. The van der Waals surface area contributed by atoms with Crippen molar-refractivity contribution in [3.05, 3.63) is 78.1 Å². The monoisotopic (exact) mass is 443 g/mol. The Bertz CT molecular complexity index is 1080. The summed E-state index contributed by atoms with van der Waals surface area (Å²) in [6.07, 6.45) is 1.82. The Hall–Kier alpha value is -3.18. The van der Waals surface area contributed by atoms with Crippen LogP contribution in [0.1, 0.15) is 37.9 Å². The summed E-state index contributed by atoms with van der Waals surface area (Å²) in [6, 6.07) is 20.5. The van der Waals surface area contributed by atoms with Crippen molar-refractivity contribution in [3.63, 3.8) is 0 Å². The number of aromatic nitrogens is 1. The molecule has 1 N–H and O–H groups in total. The van der Waals surface area contributed by atoms with E-state index in [1.807, 2.05) is 43.5 Å². The van der Waals surface area contributed by atoms with Crippen LogP contribution in [0.5, 0.6) is 0 Å². The van der Waals surface area contributed by atoms with Crippen LogP contribution >= 0.6 is 0 Å². The number of anilines is 2. The lowest BCUT2D eigenvalue weighted by Crippen LogP contribution is -2.36. The molecule has 3 aromatic rings. The van der Waals surface area contributed by atoms with Crippen LogP contribution in [0.25, 0.3) is 11.1 Å². The van der Waals surface area contributed by atoms with Crippen LogP contribution in [-0.4, -0.2) is 37.2 Å². The van der Waals surface area contributed by atoms with Crippen molar-refractivity contribution >= 4 is 17.3 Å². The molecule has 0 bridgehead atoms. The van der Waals surface area contributed by atoms with Gasteiger partial charge in [0.2, 0.25) is 5.91 Å². The Morgan fingerprint density at radius 3 is 2.24 bits per heavy atom. The third kappa shape index (κ3) is 5.60. The predicted octanol–water partition coefficient (Wildman–Crippen LogP) is 5.66. The van der Waals surface area contributed by atoms with E-state index in [0.29, 0.717) is 0 Å². The van der Waals surface area contributed by atoms with Crippen LogP contribution in [0, 0.1) is 12.3 Å². The Labute approximate surface area is 196 Å². The van der Waals surface area contributed by atoms with Crippen LogP contribution in [0.2, 0.25) is 0 Å². The van der Waals surface area contributed by atoms with Crippen LogP contribution in [0.4, 0.5) is 11.4 Å². The van der Waals surface area contributed by atoms with Gasteiger partial charge in [0.1, 0.15) is 0 Å². The maximum atomic E-state index is 13.4. The number of carbonyl (C=O) groups is 1. The molecule has 5 nitrogen and oxygen atoms in total. The standard InChI is InChI=1S/C28H33N3O2/c1-20-19-23(13-14-29-20)21-5-9-24(10-6-21)30-27(32)26(28(2,3)4)22-7-11-25(12-8-22)31-15-17-33-18-16-31/h5-14,19,26H,15-18H2,1-4H3,(H,30,32)/t26-/m1/s1. The smallest absolute Gasteiger partial charge is 0.232 e. The number of amides is 1. The molecule has 2 aromatic carbocycles. The zero-order valence-electron chi connectivity index (χ0n) is 20.0. The molecule has 4 rings (SSSR count). The molecule has 0 radical (unpaired) electrons. The average molecular weight is 444 g/mol. The quantitative estimate of drug-likeness (QED) is 0.553. The van der Waals surface area contributed by atoms with Gasteiger partial charge in [0.15, 0.2) is 0 Å². The lowest BCUT2D eigenvalue weighted by atomic mass is 9.76. The first-order chi connectivity index (χ1) is 15.8. The molecule has 1 atom stereocenters. The fraction of sp³-hybridized carbons (Fsp3) is 0.357. The highest BCUT2D eigenvalue weighted by atomic mass is 16.5. The highest BCUT2D eigenvalue weighted by Crippen LogP contribution is 2.37. The van der Waals surface area contributed by atoms with E-state index in [2.05, 4.69) is 66.3 Å². The van der Waals surface area contributed by atoms with Gasteiger partial charge < -0.3 is 15.0 Å². The van der Waals surface area contributed by atoms with Gasteiger partial charge in [-0.3, -0.25) is 9.78 Å². The predicted molar refractivity (Wildman–Crippen MR) is 135 cm³/mol. The molecule has 0 saturated carbocycles. The number of hydrogen-bond acceptors (Lipinski definition) is 4. The number of benzene rings is 2. The summed E-state index contributed by atoms with van der Waals surface area (Å²) in [5, 5.41) is 3.14. The SMILES string of the molecule is Cc1cc(-c2ccc(NC(=O)[C@@H](c3ccc(N4CCOCC4)cc3)C(C)(C)C)cc2)ccn1. The van der Waals surface area contributed by atoms with Gasteiger partial charge in [-0.15, -0.1) is 0 Å². The summed E-state index contributed by atoms with van der Waals surface area (Å²) in [6.45, 7) is 11.6. The first-order valence-corrected chi connectivity index (χ1v) is 11.6. The molecule has 0 spiro atoms. The Kier molecular flexibility index (Phi) is 6.80. The highest BCUT2D eigenvalue weighted by molar-refractivity contribution is 5.96. The second kappa shape index (κ2) is 9.75. The van der Waals surface area contributed by atoms with Crippen molar-refractivity contribution in [3.8, 4) is 11.1 Å². The van der Waals surface area contributed by atoms with E-state index in [1.165, 1.54) is 5.69 Å². The van der Waals surface area contributed by atoms with E-state index in [9.17, 15) is 4.79 Å². The number of nitrogens with zero attached hydrogens (tertiary/aromatic N) is 2. The first kappa shape index (κ1) is 23.0. The number of nitrogens with one attached hydrogen (secondary N) is 1. The fourth-order valence-electron chi connectivity index (χ4n) is 4.43. The molecule has 0 aliphatic carbocycles. The summed E-state index contributed by atoms with van der Waals surface area (Å²) in [7, 11) is 0. The molecule has 1 aliphatic heterocycles. The number of morpholine rings is 1. The van der Waals surface area contributed by atoms with Crippen molar-refractivity contribution in [1.29, 1.82) is 0 Å². The van der Waals surface area contributed by atoms with Gasteiger partial charge in [-0.1, -0.05) is 45.0 Å². The number of ether oxygens (including phenoxy) is 1. The Balaban J connectivity index is 1.50. The van der Waals surface area contributed by atoms with E-state index in [1.54, 1.807) is 0 Å². The van der Waals surface area contributed by atoms with Gasteiger partial charge in [-0.25, -0.2) is 0 Å². The van der Waals surface area contributed by atoms with Crippen molar-refractivity contribution in [2.75, 3.05) is 36.5 Å². The van der Waals surface area contributed by atoms with Gasteiger partial charge in [-0.2, -0.15) is 0 Å². The minimum absolute atomic E-state index is 0.00845. The topological polar surface area (TPSA) is 54.5 Å². The lowest BCUT2D eigenvalue weighted by Gasteiger charge is -2.32. The molecule has 1 aliphatic rings. The molecule has 172 valence electrons. The van der Waals surface area contributed by atoms with Crippen molar-refractivity contribution in [2.24, 2.45) is 5.41 Å². The van der Waals surface area contributed by atoms with Crippen LogP contribution in [0.15, 0.2) is 66.9 Å². The van der Waals surface area contributed by atoms with Crippen LogP contribution in [-0.2, 0) is 9.53 Å². The number of rotatable bonds is 5. The van der Waals surface area contributed by atoms with Crippen LogP contribution in [0.3, 0.4) is 0 Å². The molecular weight excluding hydrogens is 410 g/mol. The molecule has 5 heteroatoms. The first-order valence-electron chi connectivity index (χ1n) is 11.6. The maximum Gasteiger partial charge on any atom is 0.232 e. The minimum atomic E-state index is -0.265. The summed E-state index contributed by atoms with van der Waals surface area (Å²) in [4.78, 5) is 20.0. The Morgan fingerprint density at radius 2 is 1.64 bits per heavy atom. The normalized spacial score (nSPS) is 15.2. The second-order valence-corrected chi connectivity index (χ2v) is 9.74. The van der Waals surface area contributed by atoms with E-state index >= 15 is 0 Å². The number of aryl methyl sites for hydroxylation is 1. The van der Waals surface area contributed by atoms with Crippen molar-refractivity contribution < 1.29 is 9.53 Å². The molecule has 1 fully saturated rings. The third-order valence-corrected chi connectivity index (χ3v) is 6.11. The molecule has 0 unspecified atom stereocenters. The number of pyridine rings is 1. The molecule has 33 heavy (non-hydrogen) atoms. The van der Waals surface area contributed by atoms with Gasteiger partial charge in [0.05, 0.1) is 19.1 Å². The van der Waals surface area contributed by atoms with Crippen LogP contribution < -0.4 is 10.2 Å². The van der Waals surface area contributed by atoms with Gasteiger partial charge in [0, 0.05) is 36.4 Å². The molecule has 1 aromatic heterocycles. The minimum Gasteiger partial charge on any atom is -0.378 e. The third-order valence-electron chi connectivity index (χ3n) is 6.11. The van der Waals surface area contributed by atoms with E-state index in [0.717, 1.165) is 54.4 Å². The van der Waals surface area contributed by atoms with Crippen molar-refractivity contribution in [1.82, 2.24) is 4.98 Å². The molecular formula is C28H33N3O2. The highest BCUT2D eigenvalue weighted by Gasteiger charge is 2.33. The lowest BCUT2D eigenvalue weighted by molar-refractivity contribution is -0.119. The van der Waals surface area contributed by atoms with Gasteiger partial charge in [0.25, 0.3) is 0 Å². The average Bonchev–Trinajstić information content (AvgIpc) is 2.80. The largest absolute Gasteiger partial charge is 0.378 e. The molecule has 1 amide bonds. The summed E-state index contributed by atoms with van der Waals surface area (Å²) >= 11 is 0. The fourth-order valence-corrected chi connectivity index (χ4v) is 4.43. The molecule has 1 saturated heterocycles. The summed E-state index contributed by atoms with van der Waals surface area (Å²) < 4.78 is 5.46. The van der Waals surface area contributed by atoms with E-state index in [4.69, 9.17) is 4.74 Å². The Morgan fingerprint density at radius 1 is 0.970 bits per heavy atom.